The fraction of sp³-hybridized carbons (Fsp3) is 0.429. The highest BCUT2D eigenvalue weighted by atomic mass is 16.1. The molecule has 0 radical (unpaired) electrons. The summed E-state index contributed by atoms with van der Waals surface area (Å²) in [6, 6.07) is 0. The van der Waals surface area contributed by atoms with Crippen LogP contribution in [0.4, 0.5) is 0 Å². The Hall–Kier alpha value is -1.32. The van der Waals surface area contributed by atoms with Crippen LogP contribution in [0.25, 0.3) is 0 Å². The third kappa shape index (κ3) is 5.14. The molecule has 0 atom stereocenters. The molecule has 0 aromatic heterocycles. The van der Waals surface area contributed by atoms with Crippen molar-refractivity contribution in [1.29, 1.82) is 0 Å². The van der Waals surface area contributed by atoms with Crippen LogP contribution in [0, 0.1) is 0 Å². The molecule has 0 saturated heterocycles. The Labute approximate surface area is 66.6 Å². The van der Waals surface area contributed by atoms with Crippen molar-refractivity contribution in [3.63, 3.8) is 0 Å². The Kier molecular flexibility index (Phi) is 4.81. The topological polar surface area (TPSA) is 44.7 Å². The predicted octanol–water partition coefficient (Wildman–Crippen LogP) is 0.184. The van der Waals surface area contributed by atoms with Gasteiger partial charge in [-0.25, -0.2) is 0 Å². The quantitative estimate of drug-likeness (QED) is 0.455. The Balaban J connectivity index is 3.43. The molecule has 0 aliphatic rings. The lowest BCUT2D eigenvalue weighted by Crippen LogP contribution is -2.28. The van der Waals surface area contributed by atoms with Crippen LogP contribution in [0.1, 0.15) is 6.92 Å². The molecule has 0 rings (SSSR count). The van der Waals surface area contributed by atoms with E-state index in [0.717, 1.165) is 0 Å². The second-order valence-electron chi connectivity index (χ2n) is 1.97. The number of hydrogen-bond donors (Lipinski definition) is 1. The zero-order chi connectivity index (χ0) is 8.69. The van der Waals surface area contributed by atoms with Gasteiger partial charge in [-0.05, 0) is 0 Å². The summed E-state index contributed by atoms with van der Waals surface area (Å²) in [6.45, 7) is 9.46. The van der Waals surface area contributed by atoms with Crippen LogP contribution in [-0.4, -0.2) is 30.7 Å². The number of carbonyl (C=O) groups is 1. The maximum Gasteiger partial charge on any atom is 0.216 e. The largest absolute Gasteiger partial charge is 0.354 e. The summed E-state index contributed by atoms with van der Waals surface area (Å²) in [5, 5.41) is 7.80. The van der Waals surface area contributed by atoms with E-state index in [2.05, 4.69) is 23.7 Å². The standard InChI is InChI=1S/C7H13N3O/c1-4-10(8-3)6-5-9-7(2)11/h4H,1,3,5-6H2,2H3,(H,9,11). The Morgan fingerprint density at radius 3 is 2.82 bits per heavy atom. The number of nitrogens with zero attached hydrogens (tertiary/aromatic N) is 2. The van der Waals surface area contributed by atoms with Gasteiger partial charge in [0.05, 0.1) is 6.54 Å². The smallest absolute Gasteiger partial charge is 0.216 e. The Bertz CT molecular complexity index is 148. The molecule has 0 fully saturated rings. The van der Waals surface area contributed by atoms with Gasteiger partial charge in [0.1, 0.15) is 0 Å². The zero-order valence-corrected chi connectivity index (χ0v) is 6.71. The van der Waals surface area contributed by atoms with E-state index in [4.69, 9.17) is 0 Å². The third-order valence-corrected chi connectivity index (χ3v) is 1.11. The zero-order valence-electron chi connectivity index (χ0n) is 6.71. The van der Waals surface area contributed by atoms with Crippen molar-refractivity contribution in [2.45, 2.75) is 6.92 Å². The van der Waals surface area contributed by atoms with Gasteiger partial charge in [-0.3, -0.25) is 9.80 Å². The highest BCUT2D eigenvalue weighted by Crippen LogP contribution is 1.84. The maximum absolute atomic E-state index is 10.4. The molecule has 0 aliphatic heterocycles. The van der Waals surface area contributed by atoms with Gasteiger partial charge in [-0.1, -0.05) is 6.58 Å². The van der Waals surface area contributed by atoms with Crippen LogP contribution >= 0.6 is 0 Å². The predicted molar refractivity (Wildman–Crippen MR) is 45.1 cm³/mol. The van der Waals surface area contributed by atoms with E-state index in [1.165, 1.54) is 6.92 Å². The Morgan fingerprint density at radius 1 is 1.82 bits per heavy atom. The lowest BCUT2D eigenvalue weighted by molar-refractivity contribution is -0.118. The molecule has 0 unspecified atom stereocenters. The molecular weight excluding hydrogens is 142 g/mol. The van der Waals surface area contributed by atoms with Gasteiger partial charge < -0.3 is 5.32 Å². The summed E-state index contributed by atoms with van der Waals surface area (Å²) in [7, 11) is 0. The van der Waals surface area contributed by atoms with E-state index in [1.54, 1.807) is 11.2 Å². The van der Waals surface area contributed by atoms with Gasteiger partial charge in [0, 0.05) is 26.4 Å². The number of hydrogen-bond acceptors (Lipinski definition) is 3. The van der Waals surface area contributed by atoms with Gasteiger partial charge in [0.25, 0.3) is 0 Å². The number of rotatable bonds is 5. The molecule has 0 heterocycles. The summed E-state index contributed by atoms with van der Waals surface area (Å²) in [5.41, 5.74) is 0. The molecule has 0 aromatic carbocycles. The fourth-order valence-electron chi connectivity index (χ4n) is 0.566. The molecule has 0 spiro atoms. The third-order valence-electron chi connectivity index (χ3n) is 1.11. The van der Waals surface area contributed by atoms with Gasteiger partial charge >= 0.3 is 0 Å². The number of hydrazone groups is 1. The van der Waals surface area contributed by atoms with Crippen LogP contribution in [-0.2, 0) is 4.79 Å². The van der Waals surface area contributed by atoms with Crippen molar-refractivity contribution in [1.82, 2.24) is 10.3 Å². The molecule has 1 N–H and O–H groups in total. The molecule has 0 bridgehead atoms. The highest BCUT2D eigenvalue weighted by Gasteiger charge is 1.93. The van der Waals surface area contributed by atoms with Crippen LogP contribution in [0.3, 0.4) is 0 Å². The maximum atomic E-state index is 10.4. The summed E-state index contributed by atoms with van der Waals surface area (Å²) >= 11 is 0. The average molecular weight is 155 g/mol. The molecule has 62 valence electrons. The van der Waals surface area contributed by atoms with Crippen molar-refractivity contribution in [3.05, 3.63) is 12.8 Å². The first kappa shape index (κ1) is 9.68. The second-order valence-corrected chi connectivity index (χ2v) is 1.97. The second kappa shape index (κ2) is 5.46. The van der Waals surface area contributed by atoms with Crippen molar-refractivity contribution >= 4 is 12.6 Å². The van der Waals surface area contributed by atoms with E-state index in [-0.39, 0.29) is 5.91 Å². The van der Waals surface area contributed by atoms with Crippen LogP contribution in [0.5, 0.6) is 0 Å². The van der Waals surface area contributed by atoms with Crippen molar-refractivity contribution in [3.8, 4) is 0 Å². The van der Waals surface area contributed by atoms with Gasteiger partial charge in [0.15, 0.2) is 0 Å². The number of amides is 1. The lowest BCUT2D eigenvalue weighted by atomic mass is 10.5. The minimum absolute atomic E-state index is 0.0434. The Morgan fingerprint density at radius 2 is 2.45 bits per heavy atom. The van der Waals surface area contributed by atoms with E-state index in [9.17, 15) is 4.79 Å². The van der Waals surface area contributed by atoms with Crippen molar-refractivity contribution in [2.24, 2.45) is 5.10 Å². The van der Waals surface area contributed by atoms with Gasteiger partial charge in [-0.2, -0.15) is 5.10 Å². The molecule has 0 aliphatic carbocycles. The first-order valence-electron chi connectivity index (χ1n) is 3.31. The first-order valence-corrected chi connectivity index (χ1v) is 3.31. The number of nitrogens with one attached hydrogen (secondary N) is 1. The SMILES string of the molecule is C=CN(CCNC(C)=O)N=C. The van der Waals surface area contributed by atoms with Crippen molar-refractivity contribution < 1.29 is 4.79 Å². The summed E-state index contributed by atoms with van der Waals surface area (Å²) in [5.74, 6) is -0.0434. The molecule has 4 heteroatoms. The first-order chi connectivity index (χ1) is 5.20. The summed E-state index contributed by atoms with van der Waals surface area (Å²) < 4.78 is 0. The molecule has 11 heavy (non-hydrogen) atoms. The van der Waals surface area contributed by atoms with E-state index >= 15 is 0 Å². The summed E-state index contributed by atoms with van der Waals surface area (Å²) in [4.78, 5) is 10.4. The molecule has 1 amide bonds. The van der Waals surface area contributed by atoms with E-state index in [1.807, 2.05) is 0 Å². The minimum atomic E-state index is -0.0434. The lowest BCUT2D eigenvalue weighted by Gasteiger charge is -2.11. The van der Waals surface area contributed by atoms with E-state index < -0.39 is 0 Å². The molecule has 0 aromatic rings. The minimum Gasteiger partial charge on any atom is -0.354 e. The van der Waals surface area contributed by atoms with Crippen LogP contribution in [0.2, 0.25) is 0 Å². The summed E-state index contributed by atoms with van der Waals surface area (Å²) in [6.07, 6.45) is 1.55. The van der Waals surface area contributed by atoms with Crippen LogP contribution < -0.4 is 5.32 Å². The molecular formula is C7H13N3O. The van der Waals surface area contributed by atoms with E-state index in [0.29, 0.717) is 13.1 Å². The molecule has 4 nitrogen and oxygen atoms in total. The van der Waals surface area contributed by atoms with Gasteiger partial charge in [0.2, 0.25) is 5.91 Å². The normalized spacial score (nSPS) is 8.45. The monoisotopic (exact) mass is 155 g/mol. The van der Waals surface area contributed by atoms with Crippen molar-refractivity contribution in [2.75, 3.05) is 13.1 Å². The number of carbonyl (C=O) groups excluding carboxylic acids is 1. The molecule has 0 saturated carbocycles. The van der Waals surface area contributed by atoms with Crippen LogP contribution in [0.15, 0.2) is 17.9 Å². The fourth-order valence-corrected chi connectivity index (χ4v) is 0.566. The highest BCUT2D eigenvalue weighted by molar-refractivity contribution is 5.72. The average Bonchev–Trinajstić information content (AvgIpc) is 1.98. The van der Waals surface area contributed by atoms with Gasteiger partial charge in [-0.15, -0.1) is 0 Å².